The van der Waals surface area contributed by atoms with Crippen molar-refractivity contribution in [1.82, 2.24) is 31.1 Å². The number of carbonyl (C=O) groups excluding carboxylic acids is 7. The van der Waals surface area contributed by atoms with Gasteiger partial charge in [-0.1, -0.05) is 87.4 Å². The molecule has 0 bridgehead atoms. The molecule has 88 heavy (non-hydrogen) atoms. The Labute approximate surface area is 512 Å². The first-order valence-corrected chi connectivity index (χ1v) is 29.9. The van der Waals surface area contributed by atoms with E-state index < -0.39 is 158 Å². The number of aromatic hydroxyl groups is 1. The number of nitrogens with one attached hydrogen (secondary N) is 4. The molecule has 0 spiro atoms. The van der Waals surface area contributed by atoms with Crippen LogP contribution in [-0.2, 0) is 33.5 Å². The number of unbranched alkanes of at least 4 members (excludes halogenated alkanes) is 2. The van der Waals surface area contributed by atoms with E-state index in [2.05, 4.69) is 28.2 Å². The van der Waals surface area contributed by atoms with Crippen LogP contribution in [-0.4, -0.2) is 223 Å². The van der Waals surface area contributed by atoms with Gasteiger partial charge in [-0.15, -0.1) is 0 Å². The zero-order valence-corrected chi connectivity index (χ0v) is 50.8. The van der Waals surface area contributed by atoms with E-state index in [1.165, 1.54) is 43.3 Å². The molecular weight excluding hydrogens is 1140 g/mol. The normalized spacial score (nSPS) is 26.8. The molecule has 0 aromatic heterocycles. The number of quaternary nitrogens is 1. The van der Waals surface area contributed by atoms with Crippen LogP contribution in [0.3, 0.4) is 0 Å². The number of benzene rings is 4. The summed E-state index contributed by atoms with van der Waals surface area (Å²) in [5.41, 5.74) is 3.54. The number of fused-ring (bicyclic) bond motifs is 2. The number of hydrogen-bond acceptors (Lipinski definition) is 17. The summed E-state index contributed by atoms with van der Waals surface area (Å²) in [6, 6.07) is 17.9. The van der Waals surface area contributed by atoms with Gasteiger partial charge in [0.2, 0.25) is 29.5 Å². The Morgan fingerprint density at radius 2 is 1.23 bits per heavy atom. The Morgan fingerprint density at radius 3 is 1.78 bits per heavy atom. The van der Waals surface area contributed by atoms with E-state index in [0.717, 1.165) is 70.9 Å². The summed E-state index contributed by atoms with van der Waals surface area (Å²) in [7, 11) is 5.54. The highest BCUT2D eigenvalue weighted by molar-refractivity contribution is 6.00. The minimum absolute atomic E-state index is 0.0229. The monoisotopic (exact) mass is 1220 g/mol. The second-order valence-electron chi connectivity index (χ2n) is 24.4. The SMILES string of the molecule is CCCCCOc1ccc(-c2ccc(-c3ccc(C(=O)N[C@H]4C[C@@H](O)[C@@H](OCC[N+](C)(C)C)NC(=O)C5[C@@H](O)[C@@H](C)CN5C(=O)C([C@@H](C)O)NC(=O)C([C@H](O)[C@@H](O)c5ccc(O)cc5)CC(=O)C5C[C@@H](O)CN5C(=O)C([C@@H](C)O)NC4=O)cc3)cc2)cc1. The summed E-state index contributed by atoms with van der Waals surface area (Å²) in [4.78, 5) is 104. The highest BCUT2D eigenvalue weighted by Crippen LogP contribution is 2.32. The maximum absolute atomic E-state index is 14.8. The predicted octanol–water partition coefficient (Wildman–Crippen LogP) is 0.894. The van der Waals surface area contributed by atoms with Gasteiger partial charge < -0.3 is 85.9 Å². The molecule has 5 unspecified atom stereocenters. The van der Waals surface area contributed by atoms with Gasteiger partial charge in [0.05, 0.1) is 76.8 Å². The number of carbonyl (C=O) groups is 7. The first-order chi connectivity index (χ1) is 41.6. The summed E-state index contributed by atoms with van der Waals surface area (Å²) in [5, 5.41) is 101. The number of amides is 6. The standard InChI is InChI=1S/C64H85N7O17/c1-8-9-10-28-87-46-25-21-41(22-26-46)39-13-11-38(12-14-39)40-15-17-43(18-16-40)58(81)65-48-32-51(77)62(88-29-27-71(5,6)7)68-61(84)54-55(78)35(2)33-70(54)64(86)53(37(4)73)66-59(82)47(57(80)56(79)42-19-23-44(74)24-20-42)31-50(76)49-30-45(75)34-69(49)63(85)52(36(3)72)67-60(48)83/h11-26,35-37,45,47-49,51-57,62,72-73,75,77-80H,8-10,27-34H2,1-7H3,(H4-,65,66,67,68,74,81,82,83,84)/p+1/t35-,36+,37+,45+,47?,48-,49?,51+,52?,53?,54?,55-,56-,57-,62+/m0/s1. The Morgan fingerprint density at radius 1 is 0.682 bits per heavy atom. The second-order valence-corrected chi connectivity index (χ2v) is 24.4. The number of rotatable bonds is 18. The van der Waals surface area contributed by atoms with E-state index in [1.807, 2.05) is 69.7 Å². The van der Waals surface area contributed by atoms with Gasteiger partial charge in [-0.25, -0.2) is 0 Å². The van der Waals surface area contributed by atoms with Crippen molar-refractivity contribution < 1.29 is 88.4 Å². The fourth-order valence-electron chi connectivity index (χ4n) is 11.1. The van der Waals surface area contributed by atoms with Crippen molar-refractivity contribution in [3.05, 3.63) is 108 Å². The molecule has 4 aromatic rings. The maximum Gasteiger partial charge on any atom is 0.251 e. The van der Waals surface area contributed by atoms with Crippen molar-refractivity contribution in [3.8, 4) is 33.8 Å². The van der Waals surface area contributed by atoms with Gasteiger partial charge in [-0.05, 0) is 84.5 Å². The zero-order chi connectivity index (χ0) is 64.3. The van der Waals surface area contributed by atoms with Crippen LogP contribution < -0.4 is 26.0 Å². The molecule has 3 aliphatic rings. The smallest absolute Gasteiger partial charge is 0.251 e. The van der Waals surface area contributed by atoms with Crippen LogP contribution in [0, 0.1) is 11.8 Å². The van der Waals surface area contributed by atoms with Crippen molar-refractivity contribution in [2.45, 2.75) is 145 Å². The lowest BCUT2D eigenvalue weighted by Gasteiger charge is -2.34. The number of aliphatic hydroxyl groups is 7. The van der Waals surface area contributed by atoms with Crippen molar-refractivity contribution >= 4 is 41.2 Å². The van der Waals surface area contributed by atoms with Gasteiger partial charge >= 0.3 is 0 Å². The van der Waals surface area contributed by atoms with E-state index in [9.17, 15) is 74.4 Å². The molecule has 478 valence electrons. The Hall–Kier alpha value is -7.39. The quantitative estimate of drug-likeness (QED) is 0.0486. The molecule has 0 aliphatic carbocycles. The third kappa shape index (κ3) is 17.3. The van der Waals surface area contributed by atoms with Crippen molar-refractivity contribution in [1.29, 1.82) is 0 Å². The molecule has 3 heterocycles. The summed E-state index contributed by atoms with van der Waals surface area (Å²) < 4.78 is 12.3. The molecule has 15 atom stereocenters. The van der Waals surface area contributed by atoms with Gasteiger partial charge in [0.15, 0.2) is 12.0 Å². The van der Waals surface area contributed by atoms with Gasteiger partial charge in [0, 0.05) is 43.8 Å². The van der Waals surface area contributed by atoms with Crippen molar-refractivity contribution in [2.24, 2.45) is 11.8 Å². The fourth-order valence-corrected chi connectivity index (χ4v) is 11.1. The topological polar surface area (TPSA) is 354 Å². The molecular formula is C64H86N7O17+. The molecule has 12 N–H and O–H groups in total. The molecule has 7 rings (SSSR count). The van der Waals surface area contributed by atoms with Crippen LogP contribution >= 0.6 is 0 Å². The van der Waals surface area contributed by atoms with Gasteiger partial charge in [0.1, 0.15) is 54.4 Å². The molecule has 0 saturated carbocycles. The maximum atomic E-state index is 14.8. The minimum atomic E-state index is -2.18. The van der Waals surface area contributed by atoms with E-state index >= 15 is 0 Å². The highest BCUT2D eigenvalue weighted by atomic mass is 16.5. The summed E-state index contributed by atoms with van der Waals surface area (Å²) in [6.45, 7) is 5.92. The third-order valence-corrected chi connectivity index (χ3v) is 16.4. The number of ether oxygens (including phenoxy) is 2. The Kier molecular flexibility index (Phi) is 23.4. The van der Waals surface area contributed by atoms with Crippen LogP contribution in [0.25, 0.3) is 22.3 Å². The van der Waals surface area contributed by atoms with Crippen LogP contribution in [0.5, 0.6) is 11.5 Å². The van der Waals surface area contributed by atoms with E-state index in [-0.39, 0.29) is 30.0 Å². The molecule has 24 nitrogen and oxygen atoms in total. The minimum Gasteiger partial charge on any atom is -0.508 e. The van der Waals surface area contributed by atoms with E-state index in [0.29, 0.717) is 17.6 Å². The highest BCUT2D eigenvalue weighted by Gasteiger charge is 2.50. The van der Waals surface area contributed by atoms with Crippen LogP contribution in [0.2, 0.25) is 0 Å². The molecule has 24 heteroatoms. The number of likely N-dealkylation sites (N-methyl/N-ethyl adjacent to an activating group) is 1. The lowest BCUT2D eigenvalue weighted by molar-refractivity contribution is -0.870. The molecule has 3 fully saturated rings. The Bertz CT molecular complexity index is 3030. The summed E-state index contributed by atoms with van der Waals surface area (Å²) in [6.07, 6.45) is -13.2. The summed E-state index contributed by atoms with van der Waals surface area (Å²) in [5.74, 6) is -9.74. The predicted molar refractivity (Wildman–Crippen MR) is 321 cm³/mol. The van der Waals surface area contributed by atoms with Crippen LogP contribution in [0.15, 0.2) is 97.1 Å². The lowest BCUT2D eigenvalue weighted by Crippen LogP contribution is -2.61. The third-order valence-electron chi connectivity index (χ3n) is 16.4. The number of nitrogens with zero attached hydrogens (tertiary/aromatic N) is 3. The van der Waals surface area contributed by atoms with E-state index in [4.69, 9.17) is 9.47 Å². The lowest BCUT2D eigenvalue weighted by atomic mass is 9.86. The second kappa shape index (κ2) is 30.2. The first kappa shape index (κ1) is 68.1. The van der Waals surface area contributed by atoms with Gasteiger partial charge in [-0.3, -0.25) is 33.6 Å². The number of aliphatic hydroxyl groups excluding tert-OH is 7. The van der Waals surface area contributed by atoms with Crippen molar-refractivity contribution in [2.75, 3.05) is 54.0 Å². The number of phenols is 1. The molecule has 3 aliphatic heterocycles. The average Bonchev–Trinajstić information content (AvgIpc) is 2.08. The molecule has 0 radical (unpaired) electrons. The Balaban J connectivity index is 1.23. The van der Waals surface area contributed by atoms with Gasteiger partial charge in [0.25, 0.3) is 5.91 Å². The molecule has 6 amide bonds. The number of hydrogen-bond donors (Lipinski definition) is 12. The number of Topliss-reactive ketones (excluding diaryl/α,β-unsaturated/α-hetero) is 1. The van der Waals surface area contributed by atoms with Crippen molar-refractivity contribution in [3.63, 3.8) is 0 Å². The van der Waals surface area contributed by atoms with E-state index in [1.54, 1.807) is 12.1 Å². The zero-order valence-electron chi connectivity index (χ0n) is 50.8. The first-order valence-electron chi connectivity index (χ1n) is 29.9. The fraction of sp³-hybridized carbons (Fsp3) is 0.516. The molecule has 3 saturated heterocycles. The summed E-state index contributed by atoms with van der Waals surface area (Å²) >= 11 is 0. The number of phenolic OH excluding ortho intramolecular Hbond substituents is 1. The molecule has 4 aromatic carbocycles. The van der Waals surface area contributed by atoms with Gasteiger partial charge in [-0.2, -0.15) is 0 Å². The van der Waals surface area contributed by atoms with Crippen LogP contribution in [0.1, 0.15) is 88.2 Å². The largest absolute Gasteiger partial charge is 0.508 e. The van der Waals surface area contributed by atoms with Crippen LogP contribution in [0.4, 0.5) is 0 Å². The number of ketones is 1. The average molecular weight is 1230 g/mol.